The van der Waals surface area contributed by atoms with Crippen molar-refractivity contribution < 1.29 is 14.0 Å². The van der Waals surface area contributed by atoms with Crippen molar-refractivity contribution in [1.82, 2.24) is 15.2 Å². The fourth-order valence-corrected chi connectivity index (χ4v) is 2.66. The van der Waals surface area contributed by atoms with Crippen molar-refractivity contribution >= 4 is 11.9 Å². The summed E-state index contributed by atoms with van der Waals surface area (Å²) < 4.78 is 5.04. The molecular weight excluding hydrogens is 272 g/mol. The zero-order valence-corrected chi connectivity index (χ0v) is 12.1. The third kappa shape index (κ3) is 4.77. The molecule has 7 nitrogen and oxygen atoms in total. The molecule has 0 saturated carbocycles. The maximum Gasteiger partial charge on any atom is 0.312 e. The number of hydrogen-bond donors (Lipinski definition) is 2. The number of aromatic nitrogens is 1. The van der Waals surface area contributed by atoms with Crippen molar-refractivity contribution in [2.75, 3.05) is 19.6 Å². The molecule has 0 aromatic carbocycles. The van der Waals surface area contributed by atoms with Crippen LogP contribution in [-0.2, 0) is 0 Å². The molecule has 2 heterocycles. The van der Waals surface area contributed by atoms with E-state index < -0.39 is 6.03 Å². The second-order valence-corrected chi connectivity index (χ2v) is 5.36. The number of unbranched alkanes of at least 4 members (excludes halogenated alkanes) is 1. The molecule has 1 aliphatic heterocycles. The lowest BCUT2D eigenvalue weighted by atomic mass is 9.91. The van der Waals surface area contributed by atoms with E-state index in [-0.39, 0.29) is 11.8 Å². The average Bonchev–Trinajstić information content (AvgIpc) is 3.01. The van der Waals surface area contributed by atoms with Crippen LogP contribution in [0.25, 0.3) is 0 Å². The predicted molar refractivity (Wildman–Crippen MR) is 76.6 cm³/mol. The molecule has 0 bridgehead atoms. The first-order valence-corrected chi connectivity index (χ1v) is 7.39. The lowest BCUT2D eigenvalue weighted by Gasteiger charge is -2.31. The number of oxazole rings is 1. The molecule has 1 aromatic heterocycles. The lowest BCUT2D eigenvalue weighted by molar-refractivity contribution is 0.0645. The number of likely N-dealkylation sites (tertiary alicyclic amines) is 1. The van der Waals surface area contributed by atoms with Gasteiger partial charge in [0.05, 0.1) is 6.20 Å². The highest BCUT2D eigenvalue weighted by Crippen LogP contribution is 2.23. The average molecular weight is 294 g/mol. The Morgan fingerprint density at radius 3 is 2.76 bits per heavy atom. The Hall–Kier alpha value is -2.05. The Balaban J connectivity index is 1.62. The van der Waals surface area contributed by atoms with Crippen LogP contribution >= 0.6 is 0 Å². The van der Waals surface area contributed by atoms with Crippen LogP contribution in [-0.4, -0.2) is 41.5 Å². The number of urea groups is 1. The van der Waals surface area contributed by atoms with Crippen molar-refractivity contribution in [1.29, 1.82) is 0 Å². The predicted octanol–water partition coefficient (Wildman–Crippen LogP) is 1.37. The van der Waals surface area contributed by atoms with Gasteiger partial charge in [0.15, 0.2) is 0 Å². The Kier molecular flexibility index (Phi) is 5.59. The number of piperidine rings is 1. The zero-order chi connectivity index (χ0) is 15.1. The third-order valence-corrected chi connectivity index (χ3v) is 3.86. The van der Waals surface area contributed by atoms with E-state index in [9.17, 15) is 9.59 Å². The number of nitrogens with two attached hydrogens (primary N) is 1. The van der Waals surface area contributed by atoms with Gasteiger partial charge in [-0.1, -0.05) is 12.8 Å². The molecule has 1 fully saturated rings. The molecule has 7 heteroatoms. The van der Waals surface area contributed by atoms with Crippen LogP contribution in [0, 0.1) is 5.92 Å². The largest absolute Gasteiger partial charge is 0.441 e. The van der Waals surface area contributed by atoms with Crippen LogP contribution in [0.2, 0.25) is 0 Å². The number of primary amides is 1. The number of nitrogens with zero attached hydrogens (tertiary/aromatic N) is 2. The maximum atomic E-state index is 12.0. The minimum Gasteiger partial charge on any atom is -0.441 e. The SMILES string of the molecule is NC(=O)NCCCCC1CCN(C(=O)c2ncco2)CC1. The summed E-state index contributed by atoms with van der Waals surface area (Å²) in [5, 5.41) is 2.59. The molecule has 1 aromatic rings. The zero-order valence-electron chi connectivity index (χ0n) is 12.1. The normalized spacial score (nSPS) is 15.9. The highest BCUT2D eigenvalue weighted by molar-refractivity contribution is 5.89. The molecule has 2 rings (SSSR count). The summed E-state index contributed by atoms with van der Waals surface area (Å²) in [6, 6.07) is -0.464. The molecule has 1 saturated heterocycles. The van der Waals surface area contributed by atoms with E-state index in [1.807, 2.05) is 0 Å². The van der Waals surface area contributed by atoms with E-state index in [1.165, 1.54) is 12.5 Å². The molecule has 0 spiro atoms. The van der Waals surface area contributed by atoms with Crippen LogP contribution in [0.3, 0.4) is 0 Å². The summed E-state index contributed by atoms with van der Waals surface area (Å²) in [5.74, 6) is 0.697. The summed E-state index contributed by atoms with van der Waals surface area (Å²) in [7, 11) is 0. The molecule has 1 aliphatic rings. The number of carbonyl (C=O) groups is 2. The van der Waals surface area contributed by atoms with Gasteiger partial charge in [0.2, 0.25) is 0 Å². The standard InChI is InChI=1S/C14H22N4O3/c15-14(20)17-6-2-1-3-11-4-8-18(9-5-11)13(19)12-16-7-10-21-12/h7,10-11H,1-6,8-9H2,(H3,15,17,20). The number of nitrogens with one attached hydrogen (secondary N) is 1. The summed E-state index contributed by atoms with van der Waals surface area (Å²) >= 11 is 0. The maximum absolute atomic E-state index is 12.0. The first kappa shape index (κ1) is 15.3. The van der Waals surface area contributed by atoms with E-state index in [1.54, 1.807) is 4.90 Å². The van der Waals surface area contributed by atoms with Gasteiger partial charge in [-0.25, -0.2) is 9.78 Å². The number of rotatable bonds is 6. The van der Waals surface area contributed by atoms with Gasteiger partial charge in [-0.2, -0.15) is 0 Å². The summed E-state index contributed by atoms with van der Waals surface area (Å²) in [5.41, 5.74) is 5.00. The molecule has 0 aliphatic carbocycles. The second-order valence-electron chi connectivity index (χ2n) is 5.36. The van der Waals surface area contributed by atoms with Crippen LogP contribution in [0.1, 0.15) is 42.8 Å². The molecule has 3 amide bonds. The minimum atomic E-state index is -0.464. The van der Waals surface area contributed by atoms with Crippen molar-refractivity contribution in [3.05, 3.63) is 18.4 Å². The van der Waals surface area contributed by atoms with Crippen molar-refractivity contribution in [3.8, 4) is 0 Å². The van der Waals surface area contributed by atoms with E-state index in [2.05, 4.69) is 10.3 Å². The van der Waals surface area contributed by atoms with Gasteiger partial charge in [0.1, 0.15) is 6.26 Å². The van der Waals surface area contributed by atoms with Crippen LogP contribution in [0.5, 0.6) is 0 Å². The van der Waals surface area contributed by atoms with Crippen LogP contribution < -0.4 is 11.1 Å². The molecular formula is C14H22N4O3. The molecule has 0 unspecified atom stereocenters. The van der Waals surface area contributed by atoms with Gasteiger partial charge in [-0.3, -0.25) is 4.79 Å². The van der Waals surface area contributed by atoms with Crippen molar-refractivity contribution in [2.24, 2.45) is 11.7 Å². The fraction of sp³-hybridized carbons (Fsp3) is 0.643. The quantitative estimate of drug-likeness (QED) is 0.773. The van der Waals surface area contributed by atoms with E-state index in [4.69, 9.17) is 10.2 Å². The van der Waals surface area contributed by atoms with E-state index in [0.717, 1.165) is 45.2 Å². The molecule has 3 N–H and O–H groups in total. The Morgan fingerprint density at radius 1 is 1.38 bits per heavy atom. The Labute approximate surface area is 123 Å². The number of amides is 3. The van der Waals surface area contributed by atoms with Crippen LogP contribution in [0.4, 0.5) is 4.79 Å². The first-order valence-electron chi connectivity index (χ1n) is 7.39. The van der Waals surface area contributed by atoms with Gasteiger partial charge in [0, 0.05) is 19.6 Å². The van der Waals surface area contributed by atoms with Crippen LogP contribution in [0.15, 0.2) is 16.9 Å². The number of carbonyl (C=O) groups excluding carboxylic acids is 2. The topological polar surface area (TPSA) is 101 Å². The minimum absolute atomic E-state index is 0.121. The van der Waals surface area contributed by atoms with Gasteiger partial charge in [0.25, 0.3) is 5.89 Å². The summed E-state index contributed by atoms with van der Waals surface area (Å²) in [6.07, 6.45) is 8.06. The second kappa shape index (κ2) is 7.66. The van der Waals surface area contributed by atoms with Gasteiger partial charge >= 0.3 is 11.9 Å². The molecule has 0 atom stereocenters. The number of hydrogen-bond acceptors (Lipinski definition) is 4. The molecule has 116 valence electrons. The molecule has 0 radical (unpaired) electrons. The summed E-state index contributed by atoms with van der Waals surface area (Å²) in [4.78, 5) is 28.3. The van der Waals surface area contributed by atoms with E-state index in [0.29, 0.717) is 12.5 Å². The monoisotopic (exact) mass is 294 g/mol. The highest BCUT2D eigenvalue weighted by Gasteiger charge is 2.25. The molecule has 21 heavy (non-hydrogen) atoms. The third-order valence-electron chi connectivity index (χ3n) is 3.86. The smallest absolute Gasteiger partial charge is 0.312 e. The van der Waals surface area contributed by atoms with Crippen molar-refractivity contribution in [3.63, 3.8) is 0 Å². The summed E-state index contributed by atoms with van der Waals surface area (Å²) in [6.45, 7) is 2.15. The first-order chi connectivity index (χ1) is 10.2. The Bertz CT molecular complexity index is 453. The Morgan fingerprint density at radius 2 is 2.14 bits per heavy atom. The lowest BCUT2D eigenvalue weighted by Crippen LogP contribution is -2.38. The highest BCUT2D eigenvalue weighted by atomic mass is 16.4. The van der Waals surface area contributed by atoms with Crippen molar-refractivity contribution in [2.45, 2.75) is 32.1 Å². The van der Waals surface area contributed by atoms with Gasteiger partial charge < -0.3 is 20.4 Å². The van der Waals surface area contributed by atoms with Gasteiger partial charge in [-0.05, 0) is 25.2 Å². The fourth-order valence-electron chi connectivity index (χ4n) is 2.66. The van der Waals surface area contributed by atoms with Gasteiger partial charge in [-0.15, -0.1) is 0 Å². The van der Waals surface area contributed by atoms with E-state index >= 15 is 0 Å².